The average molecular weight is 567 g/mol. The van der Waals surface area contributed by atoms with E-state index < -0.39 is 33.2 Å². The number of halogens is 4. The molecule has 9 nitrogen and oxygen atoms in total. The molecule has 0 bridgehead atoms. The first-order chi connectivity index (χ1) is 17.3. The van der Waals surface area contributed by atoms with Crippen molar-refractivity contribution in [2.75, 3.05) is 31.8 Å². The highest BCUT2D eigenvalue weighted by Crippen LogP contribution is 2.39. The van der Waals surface area contributed by atoms with Crippen LogP contribution in [0.2, 0.25) is 5.02 Å². The number of rotatable bonds is 9. The van der Waals surface area contributed by atoms with Crippen molar-refractivity contribution in [3.8, 4) is 17.0 Å². The first-order valence-electron chi connectivity index (χ1n) is 11.6. The molecule has 2 aromatic rings. The van der Waals surface area contributed by atoms with Crippen LogP contribution in [-0.2, 0) is 21.1 Å². The Bertz CT molecular complexity index is 1230. The summed E-state index contributed by atoms with van der Waals surface area (Å²) in [6.45, 7) is 3.39. The number of ether oxygens (including phenoxy) is 2. The van der Waals surface area contributed by atoms with Crippen LogP contribution in [0.3, 0.4) is 0 Å². The molecule has 0 saturated carbocycles. The molecule has 1 amide bonds. The van der Waals surface area contributed by atoms with Crippen LogP contribution in [0.5, 0.6) is 5.75 Å². The van der Waals surface area contributed by atoms with Gasteiger partial charge in [0.2, 0.25) is 0 Å². The highest BCUT2D eigenvalue weighted by Gasteiger charge is 2.36. The number of hydrogen-bond donors (Lipinski definition) is 2. The summed E-state index contributed by atoms with van der Waals surface area (Å²) < 4.78 is 74.7. The Morgan fingerprint density at radius 2 is 2.05 bits per heavy atom. The molecular formula is C23H30ClF3N4O5S. The van der Waals surface area contributed by atoms with Gasteiger partial charge >= 0.3 is 6.18 Å². The maximum atomic E-state index is 12.9. The van der Waals surface area contributed by atoms with Gasteiger partial charge in [-0.25, -0.2) is 8.42 Å². The van der Waals surface area contributed by atoms with Crippen LogP contribution in [0.15, 0.2) is 18.2 Å². The van der Waals surface area contributed by atoms with Gasteiger partial charge in [0.05, 0.1) is 35.8 Å². The van der Waals surface area contributed by atoms with Crippen LogP contribution >= 0.6 is 11.6 Å². The van der Waals surface area contributed by atoms with Gasteiger partial charge in [0.1, 0.15) is 11.8 Å². The number of carbonyl (C=O) groups excluding carboxylic acids is 1. The SMILES string of the molecule is CCn1nc(C(=O)NC[C@H]2CC[C@@H](S(C)(=O)=O)CO2)c(Cl)c1-c1ccc(NC(C)C(F)(F)F)cc1OC. The number of aromatic nitrogens is 2. The number of aryl methyl sites for hydroxylation is 1. The fourth-order valence-corrected chi connectivity index (χ4v) is 5.16. The van der Waals surface area contributed by atoms with Crippen molar-refractivity contribution >= 4 is 33.0 Å². The van der Waals surface area contributed by atoms with Gasteiger partial charge in [0.25, 0.3) is 5.91 Å². The number of benzene rings is 1. The van der Waals surface area contributed by atoms with Crippen molar-refractivity contribution < 1.29 is 35.9 Å². The van der Waals surface area contributed by atoms with Crippen LogP contribution in [0.25, 0.3) is 11.3 Å². The quantitative estimate of drug-likeness (QED) is 0.473. The lowest BCUT2D eigenvalue weighted by Gasteiger charge is -2.28. The third-order valence-corrected chi connectivity index (χ3v) is 8.11. The second-order valence-corrected chi connectivity index (χ2v) is 11.5. The molecule has 3 rings (SSSR count). The molecule has 14 heteroatoms. The average Bonchev–Trinajstić information content (AvgIpc) is 3.17. The van der Waals surface area contributed by atoms with Gasteiger partial charge < -0.3 is 20.1 Å². The summed E-state index contributed by atoms with van der Waals surface area (Å²) in [5.41, 5.74) is 1.01. The third kappa shape index (κ3) is 6.88. The smallest absolute Gasteiger partial charge is 0.408 e. The van der Waals surface area contributed by atoms with Crippen molar-refractivity contribution in [1.82, 2.24) is 15.1 Å². The molecule has 1 aliphatic heterocycles. The summed E-state index contributed by atoms with van der Waals surface area (Å²) in [4.78, 5) is 12.9. The van der Waals surface area contributed by atoms with E-state index in [1.54, 1.807) is 13.0 Å². The van der Waals surface area contributed by atoms with Gasteiger partial charge in [0, 0.05) is 36.7 Å². The Kier molecular flexibility index (Phi) is 9.01. The predicted molar refractivity (Wildman–Crippen MR) is 134 cm³/mol. The van der Waals surface area contributed by atoms with E-state index in [4.69, 9.17) is 21.1 Å². The Morgan fingerprint density at radius 3 is 2.59 bits per heavy atom. The molecule has 0 aliphatic carbocycles. The summed E-state index contributed by atoms with van der Waals surface area (Å²) >= 11 is 6.58. The lowest BCUT2D eigenvalue weighted by Crippen LogP contribution is -2.41. The predicted octanol–water partition coefficient (Wildman–Crippen LogP) is 3.92. The maximum Gasteiger partial charge on any atom is 0.408 e. The van der Waals surface area contributed by atoms with Gasteiger partial charge in [0.15, 0.2) is 15.5 Å². The summed E-state index contributed by atoms with van der Waals surface area (Å²) in [5, 5.41) is 8.95. The fraction of sp³-hybridized carbons (Fsp3) is 0.565. The number of anilines is 1. The molecule has 3 atom stereocenters. The van der Waals surface area contributed by atoms with Crippen molar-refractivity contribution in [1.29, 1.82) is 0 Å². The number of nitrogens with one attached hydrogen (secondary N) is 2. The zero-order valence-corrected chi connectivity index (χ0v) is 22.4. The molecule has 1 unspecified atom stereocenters. The largest absolute Gasteiger partial charge is 0.496 e. The van der Waals surface area contributed by atoms with Crippen LogP contribution in [0.1, 0.15) is 37.2 Å². The molecule has 206 valence electrons. The Hall–Kier alpha value is -2.51. The van der Waals surface area contributed by atoms with E-state index in [0.29, 0.717) is 30.6 Å². The maximum absolute atomic E-state index is 12.9. The number of alkyl halides is 3. The van der Waals surface area contributed by atoms with Crippen LogP contribution in [-0.4, -0.2) is 74.2 Å². The zero-order chi connectivity index (χ0) is 27.5. The van der Waals surface area contributed by atoms with E-state index in [0.717, 1.165) is 6.92 Å². The van der Waals surface area contributed by atoms with E-state index in [-0.39, 0.29) is 41.4 Å². The van der Waals surface area contributed by atoms with Crippen LogP contribution in [0, 0.1) is 0 Å². The number of sulfone groups is 1. The first-order valence-corrected chi connectivity index (χ1v) is 14.0. The number of nitrogens with zero attached hydrogens (tertiary/aromatic N) is 2. The monoisotopic (exact) mass is 566 g/mol. The minimum absolute atomic E-state index is 0.0294. The van der Waals surface area contributed by atoms with Gasteiger partial charge in [-0.05, 0) is 38.8 Å². The number of hydrogen-bond acceptors (Lipinski definition) is 7. The van der Waals surface area contributed by atoms with E-state index in [9.17, 15) is 26.4 Å². The normalized spacial score (nSPS) is 19.4. The fourth-order valence-electron chi connectivity index (χ4n) is 3.95. The van der Waals surface area contributed by atoms with E-state index in [1.165, 1.54) is 30.2 Å². The minimum atomic E-state index is -4.42. The van der Waals surface area contributed by atoms with Crippen LogP contribution < -0.4 is 15.4 Å². The van der Waals surface area contributed by atoms with Crippen LogP contribution in [0.4, 0.5) is 18.9 Å². The molecule has 1 aliphatic rings. The Balaban J connectivity index is 1.78. The lowest BCUT2D eigenvalue weighted by molar-refractivity contribution is -0.138. The summed E-state index contributed by atoms with van der Waals surface area (Å²) in [5.74, 6) is -0.289. The molecule has 2 heterocycles. The highest BCUT2D eigenvalue weighted by molar-refractivity contribution is 7.91. The molecule has 1 aromatic carbocycles. The number of amides is 1. The molecule has 37 heavy (non-hydrogen) atoms. The standard InChI is InChI=1S/C23H30ClF3N4O5S/c1-5-31-21(17-9-6-14(10-18(17)35-3)29-13(2)23(25,26)27)19(24)20(30-31)22(32)28-11-15-7-8-16(12-36-15)37(4,33)34/h6,9-10,13,15-16,29H,5,7-8,11-12H2,1-4H3,(H,28,32)/t13?,15-,16-/m1/s1. The minimum Gasteiger partial charge on any atom is -0.496 e. The van der Waals surface area contributed by atoms with Gasteiger partial charge in [-0.2, -0.15) is 18.3 Å². The summed E-state index contributed by atoms with van der Waals surface area (Å²) in [6.07, 6.45) is -2.66. The number of carbonyl (C=O) groups is 1. The van der Waals surface area contributed by atoms with Crippen molar-refractivity contribution in [2.45, 2.75) is 56.8 Å². The van der Waals surface area contributed by atoms with Crippen molar-refractivity contribution in [3.05, 3.63) is 28.9 Å². The zero-order valence-electron chi connectivity index (χ0n) is 20.9. The van der Waals surface area contributed by atoms with Gasteiger partial charge in [-0.1, -0.05) is 11.6 Å². The highest BCUT2D eigenvalue weighted by atomic mass is 35.5. The molecule has 2 N–H and O–H groups in total. The topological polar surface area (TPSA) is 112 Å². The summed E-state index contributed by atoms with van der Waals surface area (Å²) in [7, 11) is -1.81. The first kappa shape index (κ1) is 29.1. The molecule has 1 fully saturated rings. The molecule has 1 saturated heterocycles. The summed E-state index contributed by atoms with van der Waals surface area (Å²) in [6, 6.07) is 2.67. The van der Waals surface area contributed by atoms with Gasteiger partial charge in [-0.15, -0.1) is 0 Å². The molecular weight excluding hydrogens is 537 g/mol. The van der Waals surface area contributed by atoms with E-state index in [2.05, 4.69) is 15.7 Å². The molecule has 0 radical (unpaired) electrons. The van der Waals surface area contributed by atoms with E-state index >= 15 is 0 Å². The van der Waals surface area contributed by atoms with Gasteiger partial charge in [-0.3, -0.25) is 9.48 Å². The van der Waals surface area contributed by atoms with Crippen molar-refractivity contribution in [3.63, 3.8) is 0 Å². The Morgan fingerprint density at radius 1 is 1.35 bits per heavy atom. The van der Waals surface area contributed by atoms with E-state index in [1.807, 2.05) is 0 Å². The Labute approximate surface area is 218 Å². The molecule has 1 aromatic heterocycles. The van der Waals surface area contributed by atoms with Crippen molar-refractivity contribution in [2.24, 2.45) is 0 Å². The second kappa shape index (κ2) is 11.5. The number of methoxy groups -OCH3 is 1. The molecule has 0 spiro atoms. The third-order valence-electron chi connectivity index (χ3n) is 6.16. The second-order valence-electron chi connectivity index (χ2n) is 8.84. The lowest BCUT2D eigenvalue weighted by atomic mass is 10.1.